The number of rotatable bonds is 4. The van der Waals surface area contributed by atoms with E-state index in [1.165, 1.54) is 12.1 Å². The van der Waals surface area contributed by atoms with E-state index < -0.39 is 9.84 Å². The van der Waals surface area contributed by atoms with E-state index in [4.69, 9.17) is 0 Å². The van der Waals surface area contributed by atoms with Crippen LogP contribution in [0.3, 0.4) is 0 Å². The Morgan fingerprint density at radius 3 is 1.95 bits per heavy atom. The van der Waals surface area contributed by atoms with Crippen LogP contribution in [0.15, 0.2) is 77.0 Å². The van der Waals surface area contributed by atoms with Gasteiger partial charge in [0.15, 0.2) is 15.6 Å². The zero-order valence-corrected chi connectivity index (χ0v) is 10.9. The lowest BCUT2D eigenvalue weighted by Gasteiger charge is -1.98. The molecule has 0 aliphatic rings. The zero-order chi connectivity index (χ0) is 13.7. The van der Waals surface area contributed by atoms with Crippen molar-refractivity contribution < 1.29 is 13.2 Å². The number of carbonyl (C=O) groups is 1. The lowest BCUT2D eigenvalue weighted by atomic mass is 10.1. The fourth-order valence-electron chi connectivity index (χ4n) is 1.54. The molecule has 0 atom stereocenters. The largest absolute Gasteiger partial charge is 0.289 e. The number of allylic oxidation sites excluding steroid dienone is 1. The van der Waals surface area contributed by atoms with Gasteiger partial charge in [0.05, 0.1) is 4.90 Å². The van der Waals surface area contributed by atoms with Crippen molar-refractivity contribution >= 4 is 15.6 Å². The van der Waals surface area contributed by atoms with Gasteiger partial charge < -0.3 is 0 Å². The molecule has 0 amide bonds. The molecule has 2 aromatic rings. The summed E-state index contributed by atoms with van der Waals surface area (Å²) in [6.45, 7) is 0. The Kier molecular flexibility index (Phi) is 3.92. The highest BCUT2D eigenvalue weighted by molar-refractivity contribution is 7.94. The molecule has 0 aliphatic carbocycles. The van der Waals surface area contributed by atoms with E-state index in [2.05, 4.69) is 0 Å². The second-order valence-electron chi connectivity index (χ2n) is 3.89. The Hall–Kier alpha value is -2.20. The van der Waals surface area contributed by atoms with Crippen LogP contribution in [0.5, 0.6) is 0 Å². The second kappa shape index (κ2) is 5.63. The number of benzene rings is 2. The molecule has 0 fully saturated rings. The van der Waals surface area contributed by atoms with Crippen molar-refractivity contribution in [2.45, 2.75) is 4.90 Å². The van der Waals surface area contributed by atoms with E-state index in [0.29, 0.717) is 5.56 Å². The van der Waals surface area contributed by atoms with Gasteiger partial charge >= 0.3 is 0 Å². The summed E-state index contributed by atoms with van der Waals surface area (Å²) < 4.78 is 23.9. The molecular formula is C15H12O3S. The third-order valence-corrected chi connectivity index (χ3v) is 3.95. The normalized spacial score (nSPS) is 11.6. The molecule has 0 radical (unpaired) electrons. The van der Waals surface area contributed by atoms with Crippen LogP contribution in [0.2, 0.25) is 0 Å². The summed E-state index contributed by atoms with van der Waals surface area (Å²) in [5.41, 5.74) is 0.460. The number of carbonyl (C=O) groups excluding carboxylic acids is 1. The fraction of sp³-hybridized carbons (Fsp3) is 0. The standard InChI is InChI=1S/C15H12O3S/c16-15(13-7-3-1-4-8-13)11-12-19(17,18)14-9-5-2-6-10-14/h1-12H. The van der Waals surface area contributed by atoms with Gasteiger partial charge in [-0.15, -0.1) is 0 Å². The van der Waals surface area contributed by atoms with Crippen molar-refractivity contribution in [1.82, 2.24) is 0 Å². The van der Waals surface area contributed by atoms with E-state index in [-0.39, 0.29) is 10.7 Å². The predicted octanol–water partition coefficient (Wildman–Crippen LogP) is 2.86. The first-order chi connectivity index (χ1) is 9.09. The van der Waals surface area contributed by atoms with Crippen LogP contribution in [0.4, 0.5) is 0 Å². The Morgan fingerprint density at radius 2 is 1.37 bits per heavy atom. The van der Waals surface area contributed by atoms with Crippen LogP contribution >= 0.6 is 0 Å². The Bertz CT molecular complexity index is 687. The average Bonchev–Trinajstić information content (AvgIpc) is 2.47. The first kappa shape index (κ1) is 13.2. The van der Waals surface area contributed by atoms with Gasteiger partial charge in [-0.05, 0) is 18.2 Å². The van der Waals surface area contributed by atoms with Crippen LogP contribution < -0.4 is 0 Å². The molecule has 0 bridgehead atoms. The molecule has 0 aliphatic heterocycles. The molecular weight excluding hydrogens is 260 g/mol. The maximum Gasteiger partial charge on any atom is 0.199 e. The molecule has 0 N–H and O–H groups in total. The monoisotopic (exact) mass is 272 g/mol. The fourth-order valence-corrected chi connectivity index (χ4v) is 2.54. The van der Waals surface area contributed by atoms with Crippen LogP contribution in [-0.4, -0.2) is 14.2 Å². The zero-order valence-electron chi connectivity index (χ0n) is 10.1. The highest BCUT2D eigenvalue weighted by Crippen LogP contribution is 2.11. The molecule has 0 saturated heterocycles. The smallest absolute Gasteiger partial charge is 0.199 e. The lowest BCUT2D eigenvalue weighted by molar-refractivity contribution is 0.104. The van der Waals surface area contributed by atoms with Crippen LogP contribution in [0, 0.1) is 0 Å². The number of hydrogen-bond acceptors (Lipinski definition) is 3. The minimum absolute atomic E-state index is 0.173. The molecule has 4 heteroatoms. The highest BCUT2D eigenvalue weighted by Gasteiger charge is 2.10. The average molecular weight is 272 g/mol. The lowest BCUT2D eigenvalue weighted by Crippen LogP contribution is -1.99. The summed E-state index contributed by atoms with van der Waals surface area (Å²) in [7, 11) is -3.56. The van der Waals surface area contributed by atoms with E-state index in [1.54, 1.807) is 48.5 Å². The summed E-state index contributed by atoms with van der Waals surface area (Å²) in [6.07, 6.45) is 1.08. The van der Waals surface area contributed by atoms with Gasteiger partial charge in [-0.25, -0.2) is 8.42 Å². The molecule has 0 aromatic heterocycles. The maximum absolute atomic E-state index is 11.9. The summed E-state index contributed by atoms with van der Waals surface area (Å²) in [4.78, 5) is 11.9. The Labute approximate surface area is 112 Å². The van der Waals surface area contributed by atoms with Gasteiger partial charge in [-0.1, -0.05) is 48.5 Å². The number of sulfone groups is 1. The van der Waals surface area contributed by atoms with Gasteiger partial charge in [0, 0.05) is 11.0 Å². The second-order valence-corrected chi connectivity index (χ2v) is 5.72. The van der Waals surface area contributed by atoms with Crippen molar-refractivity contribution in [2.75, 3.05) is 0 Å². The van der Waals surface area contributed by atoms with Crippen molar-refractivity contribution in [1.29, 1.82) is 0 Å². The van der Waals surface area contributed by atoms with E-state index in [1.807, 2.05) is 0 Å². The van der Waals surface area contributed by atoms with Crippen molar-refractivity contribution in [3.8, 4) is 0 Å². The Balaban J connectivity index is 2.22. The summed E-state index contributed by atoms with van der Waals surface area (Å²) in [5, 5.41) is 0.942. The van der Waals surface area contributed by atoms with Crippen molar-refractivity contribution in [3.05, 3.63) is 77.7 Å². The van der Waals surface area contributed by atoms with E-state index in [9.17, 15) is 13.2 Å². The van der Waals surface area contributed by atoms with Crippen LogP contribution in [-0.2, 0) is 9.84 Å². The minimum atomic E-state index is -3.56. The van der Waals surface area contributed by atoms with Gasteiger partial charge in [0.2, 0.25) is 0 Å². The van der Waals surface area contributed by atoms with Gasteiger partial charge in [-0.2, -0.15) is 0 Å². The van der Waals surface area contributed by atoms with Gasteiger partial charge in [-0.3, -0.25) is 4.79 Å². The maximum atomic E-state index is 11.9. The van der Waals surface area contributed by atoms with E-state index in [0.717, 1.165) is 11.5 Å². The number of ketones is 1. The predicted molar refractivity (Wildman–Crippen MR) is 73.5 cm³/mol. The molecule has 2 aromatic carbocycles. The first-order valence-electron chi connectivity index (χ1n) is 5.67. The molecule has 96 valence electrons. The molecule has 3 nitrogen and oxygen atoms in total. The summed E-state index contributed by atoms with van der Waals surface area (Å²) >= 11 is 0. The first-order valence-corrected chi connectivity index (χ1v) is 7.22. The van der Waals surface area contributed by atoms with E-state index >= 15 is 0 Å². The van der Waals surface area contributed by atoms with Crippen molar-refractivity contribution in [2.24, 2.45) is 0 Å². The molecule has 0 unspecified atom stereocenters. The number of hydrogen-bond donors (Lipinski definition) is 0. The molecule has 0 saturated carbocycles. The summed E-state index contributed by atoms with van der Waals surface area (Å²) in [5.74, 6) is -0.333. The highest BCUT2D eigenvalue weighted by atomic mass is 32.2. The third-order valence-electron chi connectivity index (χ3n) is 2.53. The molecule has 0 heterocycles. The topological polar surface area (TPSA) is 51.2 Å². The van der Waals surface area contributed by atoms with Gasteiger partial charge in [0.1, 0.15) is 0 Å². The molecule has 2 rings (SSSR count). The van der Waals surface area contributed by atoms with Crippen LogP contribution in [0.25, 0.3) is 0 Å². The van der Waals surface area contributed by atoms with Crippen molar-refractivity contribution in [3.63, 3.8) is 0 Å². The Morgan fingerprint density at radius 1 is 0.842 bits per heavy atom. The molecule has 0 spiro atoms. The third kappa shape index (κ3) is 3.39. The quantitative estimate of drug-likeness (QED) is 0.635. The summed E-state index contributed by atoms with van der Waals surface area (Å²) in [6, 6.07) is 16.5. The SMILES string of the molecule is O=C(C=CS(=O)(=O)c1ccccc1)c1ccccc1. The minimum Gasteiger partial charge on any atom is -0.289 e. The van der Waals surface area contributed by atoms with Crippen LogP contribution in [0.1, 0.15) is 10.4 Å². The van der Waals surface area contributed by atoms with Gasteiger partial charge in [0.25, 0.3) is 0 Å². The molecule has 19 heavy (non-hydrogen) atoms.